The van der Waals surface area contributed by atoms with Crippen molar-refractivity contribution in [3.8, 4) is 0 Å². The molecule has 2 heterocycles. The summed E-state index contributed by atoms with van der Waals surface area (Å²) in [5, 5.41) is 0. The summed E-state index contributed by atoms with van der Waals surface area (Å²) in [5.74, 6) is -0.392. The van der Waals surface area contributed by atoms with Gasteiger partial charge >= 0.3 is 0 Å². The molecule has 2 aliphatic rings. The Hall–Kier alpha value is -3.93. The molecule has 0 N–H and O–H groups in total. The van der Waals surface area contributed by atoms with Crippen LogP contribution in [0, 0.1) is 0 Å². The molecule has 2 unspecified atom stereocenters. The van der Waals surface area contributed by atoms with Crippen LogP contribution >= 0.6 is 0 Å². The number of benzene rings is 1. The molecule has 1 aromatic rings. The molecule has 0 aromatic heterocycles. The van der Waals surface area contributed by atoms with E-state index in [2.05, 4.69) is 67.7 Å². The maximum Gasteiger partial charge on any atom is 0.289 e. The second kappa shape index (κ2) is 17.9. The van der Waals surface area contributed by atoms with Crippen LogP contribution in [-0.2, 0) is 24.7 Å². The van der Waals surface area contributed by atoms with E-state index in [-0.39, 0.29) is 29.4 Å². The van der Waals surface area contributed by atoms with Gasteiger partial charge in [0.15, 0.2) is 11.4 Å². The van der Waals surface area contributed by atoms with Gasteiger partial charge in [-0.15, -0.1) is 0 Å². The lowest BCUT2D eigenvalue weighted by molar-refractivity contribution is -0.138. The van der Waals surface area contributed by atoms with Gasteiger partial charge in [0.05, 0.1) is 6.04 Å². The Bertz CT molecular complexity index is 1240. The third-order valence-electron chi connectivity index (χ3n) is 7.89. The molecule has 230 valence electrons. The van der Waals surface area contributed by atoms with Crippen molar-refractivity contribution in [2.24, 2.45) is 0 Å². The molecule has 6 nitrogen and oxygen atoms in total. The summed E-state index contributed by atoms with van der Waals surface area (Å²) in [6.07, 6.45) is 30.9. The Balaban J connectivity index is 1.29. The number of carbonyl (C=O) groups is 3. The lowest BCUT2D eigenvalue weighted by Gasteiger charge is -2.28. The fourth-order valence-corrected chi connectivity index (χ4v) is 5.14. The average molecular weight is 585 g/mol. The van der Waals surface area contributed by atoms with Crippen molar-refractivity contribution < 1.29 is 19.1 Å². The van der Waals surface area contributed by atoms with Gasteiger partial charge in [-0.1, -0.05) is 98.0 Å². The molecule has 2 aliphatic heterocycles. The van der Waals surface area contributed by atoms with E-state index in [0.29, 0.717) is 31.5 Å². The third-order valence-corrected chi connectivity index (χ3v) is 7.89. The van der Waals surface area contributed by atoms with Gasteiger partial charge in [-0.3, -0.25) is 14.4 Å². The summed E-state index contributed by atoms with van der Waals surface area (Å²) in [7, 11) is 1.72. The fourth-order valence-electron chi connectivity index (χ4n) is 5.14. The number of likely N-dealkylation sites (N-methyl/N-ethyl adjacent to an activating group) is 1. The van der Waals surface area contributed by atoms with Crippen LogP contribution in [0.15, 0.2) is 103 Å². The molecule has 1 aromatic carbocycles. The number of hydrogen-bond donors (Lipinski definition) is 0. The standard InChI is InChI=1S/C37H48N2O4/c1-4-5-6-7-8-9-10-11-12-13-14-15-16-17-18-19-23-26-35(41)39-28-27-32(30-39)38(3)36(42)33-29-34(40)37(2,43-33)31-24-21-20-22-25-31/h5-6,8-9,11-12,14-15,17-18,20-22,24-25,29,32H,4,7,10,13,16,19,23,26-28,30H2,1-3H3. The predicted molar refractivity (Wildman–Crippen MR) is 174 cm³/mol. The van der Waals surface area contributed by atoms with E-state index in [1.807, 2.05) is 35.2 Å². The van der Waals surface area contributed by atoms with Gasteiger partial charge in [0.1, 0.15) is 0 Å². The Kier molecular flexibility index (Phi) is 14.0. The largest absolute Gasteiger partial charge is 0.469 e. The van der Waals surface area contributed by atoms with E-state index in [4.69, 9.17) is 4.74 Å². The van der Waals surface area contributed by atoms with Crippen LogP contribution in [0.4, 0.5) is 0 Å². The van der Waals surface area contributed by atoms with Crippen molar-refractivity contribution in [3.63, 3.8) is 0 Å². The van der Waals surface area contributed by atoms with Crippen molar-refractivity contribution in [3.05, 3.63) is 108 Å². The molecule has 1 saturated heterocycles. The highest BCUT2D eigenvalue weighted by Gasteiger charge is 2.45. The second-order valence-corrected chi connectivity index (χ2v) is 11.2. The first kappa shape index (κ1) is 33.6. The Morgan fingerprint density at radius 2 is 1.51 bits per heavy atom. The molecule has 0 radical (unpaired) electrons. The van der Waals surface area contributed by atoms with Gasteiger partial charge in [-0.05, 0) is 58.3 Å². The van der Waals surface area contributed by atoms with Crippen LogP contribution in [0.2, 0.25) is 0 Å². The zero-order valence-electron chi connectivity index (χ0n) is 26.1. The first-order chi connectivity index (χ1) is 20.9. The maximum absolute atomic E-state index is 13.2. The van der Waals surface area contributed by atoms with Gasteiger partial charge in [0, 0.05) is 38.2 Å². The van der Waals surface area contributed by atoms with E-state index in [9.17, 15) is 14.4 Å². The van der Waals surface area contributed by atoms with Gasteiger partial charge in [-0.25, -0.2) is 0 Å². The smallest absolute Gasteiger partial charge is 0.289 e. The van der Waals surface area contributed by atoms with E-state index in [1.165, 1.54) is 6.08 Å². The number of likely N-dealkylation sites (tertiary alicyclic amines) is 1. The normalized spacial score (nSPS) is 20.8. The van der Waals surface area contributed by atoms with Crippen molar-refractivity contribution in [1.82, 2.24) is 9.80 Å². The van der Waals surface area contributed by atoms with Gasteiger partial charge in [-0.2, -0.15) is 0 Å². The fraction of sp³-hybridized carbons (Fsp3) is 0.432. The summed E-state index contributed by atoms with van der Waals surface area (Å²) in [6.45, 7) is 4.97. The SMILES string of the molecule is CCC=CCC=CCC=CCC=CCC=CCCCC(=O)N1CCC(N(C)C(=O)C2=CC(=O)C(C)(c3ccccc3)O2)C1. The average Bonchev–Trinajstić information content (AvgIpc) is 3.64. The van der Waals surface area contributed by atoms with Crippen LogP contribution in [0.5, 0.6) is 0 Å². The minimum Gasteiger partial charge on any atom is -0.469 e. The minimum atomic E-state index is -1.20. The molecule has 2 atom stereocenters. The van der Waals surface area contributed by atoms with Crippen LogP contribution in [0.25, 0.3) is 0 Å². The number of unbranched alkanes of at least 4 members (excludes halogenated alkanes) is 1. The highest BCUT2D eigenvalue weighted by atomic mass is 16.5. The van der Waals surface area contributed by atoms with E-state index >= 15 is 0 Å². The molecule has 43 heavy (non-hydrogen) atoms. The molecule has 0 bridgehead atoms. The summed E-state index contributed by atoms with van der Waals surface area (Å²) in [4.78, 5) is 42.2. The highest BCUT2D eigenvalue weighted by Crippen LogP contribution is 2.35. The highest BCUT2D eigenvalue weighted by molar-refractivity contribution is 6.07. The molecule has 0 spiro atoms. The van der Waals surface area contributed by atoms with E-state index in [1.54, 1.807) is 18.9 Å². The van der Waals surface area contributed by atoms with E-state index < -0.39 is 5.60 Å². The van der Waals surface area contributed by atoms with Crippen LogP contribution in [0.1, 0.15) is 77.2 Å². The zero-order valence-corrected chi connectivity index (χ0v) is 26.1. The van der Waals surface area contributed by atoms with Crippen LogP contribution in [0.3, 0.4) is 0 Å². The lowest BCUT2D eigenvalue weighted by atomic mass is 9.92. The summed E-state index contributed by atoms with van der Waals surface area (Å²) >= 11 is 0. The number of allylic oxidation sites excluding steroid dienone is 10. The summed E-state index contributed by atoms with van der Waals surface area (Å²) in [5.41, 5.74) is -0.486. The second-order valence-electron chi connectivity index (χ2n) is 11.2. The minimum absolute atomic E-state index is 0.0562. The van der Waals surface area contributed by atoms with Crippen molar-refractivity contribution in [1.29, 1.82) is 0 Å². The van der Waals surface area contributed by atoms with Crippen LogP contribution in [-0.4, -0.2) is 53.6 Å². The first-order valence-electron chi connectivity index (χ1n) is 15.7. The quantitative estimate of drug-likeness (QED) is 0.150. The van der Waals surface area contributed by atoms with Gasteiger partial charge in [0.25, 0.3) is 5.91 Å². The van der Waals surface area contributed by atoms with Crippen molar-refractivity contribution in [2.45, 2.75) is 83.3 Å². The van der Waals surface area contributed by atoms with Crippen molar-refractivity contribution >= 4 is 17.6 Å². The van der Waals surface area contributed by atoms with Gasteiger partial charge in [0.2, 0.25) is 11.7 Å². The molecule has 0 aliphatic carbocycles. The molecular formula is C37H48N2O4. The molecule has 6 heteroatoms. The molecule has 2 amide bonds. The maximum atomic E-state index is 13.2. The Morgan fingerprint density at radius 3 is 2.12 bits per heavy atom. The number of rotatable bonds is 16. The number of nitrogens with zero attached hydrogens (tertiary/aromatic N) is 2. The monoisotopic (exact) mass is 584 g/mol. The number of ether oxygens (including phenoxy) is 1. The van der Waals surface area contributed by atoms with E-state index in [0.717, 1.165) is 44.9 Å². The molecular weight excluding hydrogens is 536 g/mol. The third kappa shape index (κ3) is 10.4. The zero-order chi connectivity index (χ0) is 30.9. The van der Waals surface area contributed by atoms with Crippen molar-refractivity contribution in [2.75, 3.05) is 20.1 Å². The predicted octanol–water partition coefficient (Wildman–Crippen LogP) is 7.37. The molecule has 1 fully saturated rings. The van der Waals surface area contributed by atoms with Crippen LogP contribution < -0.4 is 0 Å². The van der Waals surface area contributed by atoms with Gasteiger partial charge < -0.3 is 14.5 Å². The lowest BCUT2D eigenvalue weighted by Crippen LogP contribution is -2.41. The summed E-state index contributed by atoms with van der Waals surface area (Å²) in [6, 6.07) is 9.10. The summed E-state index contributed by atoms with van der Waals surface area (Å²) < 4.78 is 5.93. The number of amides is 2. The Morgan fingerprint density at radius 1 is 0.930 bits per heavy atom. The molecule has 0 saturated carbocycles. The number of carbonyl (C=O) groups excluding carboxylic acids is 3. The molecule has 3 rings (SSSR count). The topological polar surface area (TPSA) is 66.9 Å². The first-order valence-corrected chi connectivity index (χ1v) is 15.7. The number of hydrogen-bond acceptors (Lipinski definition) is 4. The Labute approximate surface area is 258 Å². The number of ketones is 1.